The highest BCUT2D eigenvalue weighted by Crippen LogP contribution is 2.26. The van der Waals surface area contributed by atoms with E-state index in [1.165, 1.54) is 0 Å². The number of carbonyl (C=O) groups is 1. The van der Waals surface area contributed by atoms with Crippen molar-refractivity contribution in [3.05, 3.63) is 29.1 Å². The third kappa shape index (κ3) is 3.29. The van der Waals surface area contributed by atoms with Gasteiger partial charge in [0.15, 0.2) is 17.4 Å². The molecule has 0 aliphatic heterocycles. The summed E-state index contributed by atoms with van der Waals surface area (Å²) in [7, 11) is 0. The molecular formula is C14H16F3NO3. The number of aliphatic hydroxyl groups excluding tert-OH is 1. The lowest BCUT2D eigenvalue weighted by molar-refractivity contribution is 0.0661. The van der Waals surface area contributed by atoms with Gasteiger partial charge in [-0.3, -0.25) is 4.79 Å². The Kier molecular flexibility index (Phi) is 4.72. The monoisotopic (exact) mass is 303 g/mol. The zero-order valence-corrected chi connectivity index (χ0v) is 11.2. The molecule has 0 spiro atoms. The molecule has 1 amide bonds. The van der Waals surface area contributed by atoms with E-state index in [1.807, 2.05) is 0 Å². The van der Waals surface area contributed by atoms with Gasteiger partial charge < -0.3 is 15.5 Å². The molecule has 1 aromatic rings. The molecule has 2 rings (SSSR count). The number of rotatable bonds is 3. The van der Waals surface area contributed by atoms with Crippen molar-refractivity contribution in [2.75, 3.05) is 6.54 Å². The van der Waals surface area contributed by atoms with Crippen molar-refractivity contribution in [3.63, 3.8) is 0 Å². The number of phenols is 1. The van der Waals surface area contributed by atoms with Crippen LogP contribution in [0.15, 0.2) is 6.07 Å². The summed E-state index contributed by atoms with van der Waals surface area (Å²) in [6.07, 6.45) is 2.67. The van der Waals surface area contributed by atoms with E-state index < -0.39 is 40.8 Å². The third-order valence-electron chi connectivity index (χ3n) is 3.77. The Morgan fingerprint density at radius 3 is 2.57 bits per heavy atom. The standard InChI is InChI=1S/C14H16F3NO3/c15-9-5-8(11(16)13(20)12(9)17)14(21)18-6-7-3-1-2-4-10(7)19/h5,7,10,19-20H,1-4,6H2,(H,18,21). The number of halogens is 3. The van der Waals surface area contributed by atoms with Gasteiger partial charge in [0, 0.05) is 12.5 Å². The Hall–Kier alpha value is -1.76. The summed E-state index contributed by atoms with van der Waals surface area (Å²) < 4.78 is 39.6. The Morgan fingerprint density at radius 2 is 1.90 bits per heavy atom. The fourth-order valence-electron chi connectivity index (χ4n) is 2.50. The maximum absolute atomic E-state index is 13.6. The van der Waals surface area contributed by atoms with Gasteiger partial charge in [-0.1, -0.05) is 12.8 Å². The van der Waals surface area contributed by atoms with E-state index in [2.05, 4.69) is 5.32 Å². The minimum atomic E-state index is -1.73. The molecular weight excluding hydrogens is 287 g/mol. The van der Waals surface area contributed by atoms with E-state index in [4.69, 9.17) is 5.11 Å². The Morgan fingerprint density at radius 1 is 1.24 bits per heavy atom. The van der Waals surface area contributed by atoms with Gasteiger partial charge in [-0.2, -0.15) is 4.39 Å². The smallest absolute Gasteiger partial charge is 0.254 e. The number of amides is 1. The van der Waals surface area contributed by atoms with Crippen LogP contribution in [0.3, 0.4) is 0 Å². The molecule has 1 aromatic carbocycles. The Labute approximate surface area is 119 Å². The number of aromatic hydroxyl groups is 1. The molecule has 7 heteroatoms. The molecule has 21 heavy (non-hydrogen) atoms. The molecule has 0 aromatic heterocycles. The molecule has 1 aliphatic rings. The summed E-state index contributed by atoms with van der Waals surface area (Å²) in [4.78, 5) is 11.8. The first-order valence-electron chi connectivity index (χ1n) is 6.74. The van der Waals surface area contributed by atoms with E-state index >= 15 is 0 Å². The maximum Gasteiger partial charge on any atom is 0.254 e. The molecule has 2 atom stereocenters. The second-order valence-electron chi connectivity index (χ2n) is 5.20. The first-order valence-corrected chi connectivity index (χ1v) is 6.74. The molecule has 0 heterocycles. The quantitative estimate of drug-likeness (QED) is 0.749. The molecule has 4 nitrogen and oxygen atoms in total. The van der Waals surface area contributed by atoms with Crippen molar-refractivity contribution >= 4 is 5.91 Å². The maximum atomic E-state index is 13.6. The average Bonchev–Trinajstić information content (AvgIpc) is 2.47. The first-order chi connectivity index (χ1) is 9.91. The van der Waals surface area contributed by atoms with Crippen molar-refractivity contribution in [1.82, 2.24) is 5.32 Å². The normalized spacial score (nSPS) is 22.1. The summed E-state index contributed by atoms with van der Waals surface area (Å²) >= 11 is 0. The average molecular weight is 303 g/mol. The van der Waals surface area contributed by atoms with E-state index in [0.717, 1.165) is 19.3 Å². The zero-order chi connectivity index (χ0) is 15.6. The lowest BCUT2D eigenvalue weighted by Gasteiger charge is -2.27. The minimum Gasteiger partial charge on any atom is -0.503 e. The van der Waals surface area contributed by atoms with Crippen LogP contribution in [0.5, 0.6) is 5.75 Å². The molecule has 1 fully saturated rings. The van der Waals surface area contributed by atoms with Crippen molar-refractivity contribution in [2.45, 2.75) is 31.8 Å². The molecule has 3 N–H and O–H groups in total. The fourth-order valence-corrected chi connectivity index (χ4v) is 2.50. The number of phenolic OH excluding ortho intramolecular Hbond substituents is 1. The molecule has 2 unspecified atom stereocenters. The van der Waals surface area contributed by atoms with Crippen LogP contribution >= 0.6 is 0 Å². The highest BCUT2D eigenvalue weighted by Gasteiger charge is 2.26. The summed E-state index contributed by atoms with van der Waals surface area (Å²) in [5.74, 6) is -7.36. The number of benzene rings is 1. The van der Waals surface area contributed by atoms with E-state index in [-0.39, 0.29) is 12.5 Å². The lowest BCUT2D eigenvalue weighted by Crippen LogP contribution is -2.37. The minimum absolute atomic E-state index is 0.110. The molecule has 1 aliphatic carbocycles. The zero-order valence-electron chi connectivity index (χ0n) is 11.2. The van der Waals surface area contributed by atoms with Crippen molar-refractivity contribution in [3.8, 4) is 5.75 Å². The highest BCUT2D eigenvalue weighted by atomic mass is 19.2. The van der Waals surface area contributed by atoms with Crippen molar-refractivity contribution in [2.24, 2.45) is 5.92 Å². The highest BCUT2D eigenvalue weighted by molar-refractivity contribution is 5.95. The van der Waals surface area contributed by atoms with Crippen LogP contribution in [-0.4, -0.2) is 28.8 Å². The molecule has 116 valence electrons. The number of hydrogen-bond acceptors (Lipinski definition) is 3. The van der Waals surface area contributed by atoms with E-state index in [0.29, 0.717) is 12.5 Å². The van der Waals surface area contributed by atoms with Crippen LogP contribution in [-0.2, 0) is 0 Å². The van der Waals surface area contributed by atoms with Gasteiger partial charge in [0.2, 0.25) is 5.82 Å². The molecule has 0 radical (unpaired) electrons. The summed E-state index contributed by atoms with van der Waals surface area (Å²) in [5, 5.41) is 21.2. The second kappa shape index (κ2) is 6.34. The molecule has 0 bridgehead atoms. The number of hydrogen-bond donors (Lipinski definition) is 3. The SMILES string of the molecule is O=C(NCC1CCCCC1O)c1cc(F)c(F)c(O)c1F. The first kappa shape index (κ1) is 15.6. The molecule has 1 saturated carbocycles. The van der Waals surface area contributed by atoms with Gasteiger partial charge >= 0.3 is 0 Å². The topological polar surface area (TPSA) is 69.6 Å². The van der Waals surface area contributed by atoms with Crippen LogP contribution < -0.4 is 5.32 Å². The van der Waals surface area contributed by atoms with E-state index in [1.54, 1.807) is 0 Å². The van der Waals surface area contributed by atoms with Crippen LogP contribution in [0, 0.1) is 23.4 Å². The second-order valence-corrected chi connectivity index (χ2v) is 5.20. The van der Waals surface area contributed by atoms with Gasteiger partial charge in [-0.05, 0) is 18.9 Å². The lowest BCUT2D eigenvalue weighted by atomic mass is 9.86. The third-order valence-corrected chi connectivity index (χ3v) is 3.77. The number of carbonyl (C=O) groups excluding carboxylic acids is 1. The van der Waals surface area contributed by atoms with E-state index in [9.17, 15) is 23.1 Å². The van der Waals surface area contributed by atoms with Gasteiger partial charge in [0.25, 0.3) is 5.91 Å². The van der Waals surface area contributed by atoms with Crippen molar-refractivity contribution < 1.29 is 28.2 Å². The fraction of sp³-hybridized carbons (Fsp3) is 0.500. The number of aliphatic hydroxyl groups is 1. The largest absolute Gasteiger partial charge is 0.503 e. The summed E-state index contributed by atoms with van der Waals surface area (Å²) in [6.45, 7) is 0.110. The predicted octanol–water partition coefficient (Wildman–Crippen LogP) is 2.09. The van der Waals surface area contributed by atoms with Crippen LogP contribution in [0.25, 0.3) is 0 Å². The Bertz CT molecular complexity index is 551. The van der Waals surface area contributed by atoms with Gasteiger partial charge in [-0.15, -0.1) is 0 Å². The number of nitrogens with one attached hydrogen (secondary N) is 1. The van der Waals surface area contributed by atoms with Crippen molar-refractivity contribution in [1.29, 1.82) is 0 Å². The summed E-state index contributed by atoms with van der Waals surface area (Å²) in [5.41, 5.74) is -0.767. The Balaban J connectivity index is 2.07. The van der Waals surface area contributed by atoms with Gasteiger partial charge in [0.05, 0.1) is 11.7 Å². The van der Waals surface area contributed by atoms with Gasteiger partial charge in [0.1, 0.15) is 0 Å². The van der Waals surface area contributed by atoms with Crippen LogP contribution in [0.4, 0.5) is 13.2 Å². The molecule has 0 saturated heterocycles. The van der Waals surface area contributed by atoms with Gasteiger partial charge in [-0.25, -0.2) is 8.78 Å². The van der Waals surface area contributed by atoms with Crippen LogP contribution in [0.1, 0.15) is 36.0 Å². The van der Waals surface area contributed by atoms with Crippen LogP contribution in [0.2, 0.25) is 0 Å². The summed E-state index contributed by atoms with van der Waals surface area (Å²) in [6, 6.07) is 0.400. The predicted molar refractivity (Wildman–Crippen MR) is 68.3 cm³/mol.